The van der Waals surface area contributed by atoms with E-state index >= 15 is 0 Å². The third-order valence-corrected chi connectivity index (χ3v) is 8.33. The van der Waals surface area contributed by atoms with Gasteiger partial charge in [0.15, 0.2) is 0 Å². The smallest absolute Gasteiger partial charge is 0.0688 e. The molecule has 0 aromatic carbocycles. The maximum absolute atomic E-state index is 11.4. The predicted octanol–water partition coefficient (Wildman–Crippen LogP) is 3.01. The maximum Gasteiger partial charge on any atom is 0.0688 e. The molecule has 4 saturated carbocycles. The number of aliphatic hydroxyl groups is 3. The Kier molecular flexibility index (Phi) is 3.30. The number of fused-ring (bicyclic) bond motifs is 5. The van der Waals surface area contributed by atoms with Gasteiger partial charge in [0.25, 0.3) is 0 Å². The zero-order chi connectivity index (χ0) is 15.6. The highest BCUT2D eigenvalue weighted by molar-refractivity contribution is 5.23. The van der Waals surface area contributed by atoms with Gasteiger partial charge < -0.3 is 15.3 Å². The van der Waals surface area contributed by atoms with Crippen molar-refractivity contribution in [2.24, 2.45) is 22.2 Å². The first-order valence-corrected chi connectivity index (χ1v) is 9.41. The van der Waals surface area contributed by atoms with Crippen LogP contribution in [0.25, 0.3) is 0 Å². The maximum atomic E-state index is 11.4. The van der Waals surface area contributed by atoms with Gasteiger partial charge in [-0.2, -0.15) is 0 Å². The van der Waals surface area contributed by atoms with Gasteiger partial charge in [-0.25, -0.2) is 0 Å². The van der Waals surface area contributed by atoms with Crippen LogP contribution in [0.1, 0.15) is 77.6 Å². The average molecular weight is 308 g/mol. The summed E-state index contributed by atoms with van der Waals surface area (Å²) in [5, 5.41) is 33.1. The fourth-order valence-corrected chi connectivity index (χ4v) is 7.40. The van der Waals surface area contributed by atoms with Crippen LogP contribution in [0.5, 0.6) is 0 Å². The second-order valence-corrected chi connectivity index (χ2v) is 9.46. The molecule has 2 bridgehead atoms. The fourth-order valence-electron chi connectivity index (χ4n) is 7.40. The van der Waals surface area contributed by atoms with Crippen LogP contribution >= 0.6 is 0 Å². The molecule has 5 atom stereocenters. The number of hydrogen-bond donors (Lipinski definition) is 3. The minimum Gasteiger partial charge on any atom is -0.396 e. The second kappa shape index (κ2) is 4.70. The lowest BCUT2D eigenvalue weighted by Gasteiger charge is -2.70. The van der Waals surface area contributed by atoms with Crippen LogP contribution in [0, 0.1) is 22.2 Å². The topological polar surface area (TPSA) is 60.7 Å². The normalized spacial score (nSPS) is 53.5. The Bertz CT molecular complexity index is 458. The molecule has 4 fully saturated rings. The Morgan fingerprint density at radius 1 is 0.955 bits per heavy atom. The minimum absolute atomic E-state index is 0.0434. The molecule has 0 heterocycles. The van der Waals surface area contributed by atoms with Gasteiger partial charge in [-0.3, -0.25) is 0 Å². The van der Waals surface area contributed by atoms with Crippen molar-refractivity contribution in [3.8, 4) is 0 Å². The Hall–Kier alpha value is -0.120. The third-order valence-electron chi connectivity index (χ3n) is 8.33. The lowest BCUT2D eigenvalue weighted by Crippen LogP contribution is -2.71. The van der Waals surface area contributed by atoms with E-state index in [0.29, 0.717) is 0 Å². The SMILES string of the molecule is CC12CCCC(O)(C1)C1CC3(CCCCC3)C1(CO)C(O)C2. The molecular formula is C19H32O3. The van der Waals surface area contributed by atoms with Gasteiger partial charge in [0, 0.05) is 5.41 Å². The molecule has 4 aliphatic rings. The molecule has 0 radical (unpaired) electrons. The molecule has 0 aromatic heterocycles. The Morgan fingerprint density at radius 3 is 2.36 bits per heavy atom. The van der Waals surface area contributed by atoms with Crippen molar-refractivity contribution < 1.29 is 15.3 Å². The molecule has 3 heteroatoms. The third kappa shape index (κ3) is 1.74. The molecule has 5 unspecified atom stereocenters. The fraction of sp³-hybridized carbons (Fsp3) is 1.00. The second-order valence-electron chi connectivity index (χ2n) is 9.46. The first kappa shape index (κ1) is 15.4. The zero-order valence-electron chi connectivity index (χ0n) is 14.0. The molecule has 126 valence electrons. The average Bonchev–Trinajstić information content (AvgIpc) is 2.49. The monoisotopic (exact) mass is 308 g/mol. The Balaban J connectivity index is 1.78. The summed E-state index contributed by atoms with van der Waals surface area (Å²) < 4.78 is 0. The zero-order valence-corrected chi connectivity index (χ0v) is 14.0. The van der Waals surface area contributed by atoms with Gasteiger partial charge in [0.1, 0.15) is 0 Å². The molecular weight excluding hydrogens is 276 g/mol. The standard InChI is InChI=1S/C19H32O3/c1-16-6-5-9-18(22,12-16)14-10-17(7-3-2-4-8-17)19(14,13-20)15(21)11-16/h14-15,20-22H,2-13H2,1H3. The van der Waals surface area contributed by atoms with Crippen LogP contribution < -0.4 is 0 Å². The molecule has 1 spiro atoms. The molecule has 0 aromatic rings. The van der Waals surface area contributed by atoms with Crippen LogP contribution in [0.4, 0.5) is 0 Å². The molecule has 0 aliphatic heterocycles. The summed E-state index contributed by atoms with van der Waals surface area (Å²) >= 11 is 0. The summed E-state index contributed by atoms with van der Waals surface area (Å²) in [5.41, 5.74) is -0.963. The lowest BCUT2D eigenvalue weighted by molar-refractivity contribution is -0.284. The first-order valence-electron chi connectivity index (χ1n) is 9.41. The van der Waals surface area contributed by atoms with Crippen LogP contribution in [0.3, 0.4) is 0 Å². The Morgan fingerprint density at radius 2 is 1.68 bits per heavy atom. The van der Waals surface area contributed by atoms with Gasteiger partial charge >= 0.3 is 0 Å². The molecule has 0 amide bonds. The van der Waals surface area contributed by atoms with Crippen molar-refractivity contribution in [3.63, 3.8) is 0 Å². The minimum atomic E-state index is -0.657. The van der Waals surface area contributed by atoms with E-state index in [-0.39, 0.29) is 23.4 Å². The van der Waals surface area contributed by atoms with Crippen molar-refractivity contribution in [1.29, 1.82) is 0 Å². The van der Waals surface area contributed by atoms with Gasteiger partial charge in [0.05, 0.1) is 18.3 Å². The predicted molar refractivity (Wildman–Crippen MR) is 85.3 cm³/mol. The molecule has 22 heavy (non-hydrogen) atoms. The highest BCUT2D eigenvalue weighted by Crippen LogP contribution is 2.74. The van der Waals surface area contributed by atoms with E-state index in [1.165, 1.54) is 19.3 Å². The van der Waals surface area contributed by atoms with Crippen molar-refractivity contribution >= 4 is 0 Å². The lowest BCUT2D eigenvalue weighted by atomic mass is 9.36. The number of rotatable bonds is 1. The summed E-state index contributed by atoms with van der Waals surface area (Å²) in [5.74, 6) is 0.0974. The van der Waals surface area contributed by atoms with Gasteiger partial charge in [-0.05, 0) is 61.7 Å². The number of aliphatic hydroxyl groups excluding tert-OH is 2. The van der Waals surface area contributed by atoms with Crippen molar-refractivity contribution in [2.75, 3.05) is 6.61 Å². The van der Waals surface area contributed by atoms with E-state index in [0.717, 1.165) is 51.4 Å². The number of hydrogen-bond acceptors (Lipinski definition) is 3. The summed E-state index contributed by atoms with van der Waals surface area (Å²) in [6.45, 7) is 2.29. The molecule has 3 N–H and O–H groups in total. The van der Waals surface area contributed by atoms with Crippen LogP contribution in [-0.2, 0) is 0 Å². The van der Waals surface area contributed by atoms with E-state index < -0.39 is 17.1 Å². The molecule has 4 rings (SSSR count). The Labute approximate surface area is 134 Å². The quantitative estimate of drug-likeness (QED) is 0.698. The summed E-state index contributed by atoms with van der Waals surface area (Å²) in [6.07, 6.45) is 11.2. The summed E-state index contributed by atoms with van der Waals surface area (Å²) in [7, 11) is 0. The van der Waals surface area contributed by atoms with E-state index in [1.54, 1.807) is 0 Å². The molecule has 0 saturated heterocycles. The van der Waals surface area contributed by atoms with E-state index in [9.17, 15) is 15.3 Å². The molecule has 4 aliphatic carbocycles. The molecule has 3 nitrogen and oxygen atoms in total. The van der Waals surface area contributed by atoms with Gasteiger partial charge in [-0.15, -0.1) is 0 Å². The highest BCUT2D eigenvalue weighted by Gasteiger charge is 2.74. The van der Waals surface area contributed by atoms with Gasteiger partial charge in [0.2, 0.25) is 0 Å². The summed E-state index contributed by atoms with van der Waals surface area (Å²) in [4.78, 5) is 0. The van der Waals surface area contributed by atoms with Crippen molar-refractivity contribution in [3.05, 3.63) is 0 Å². The van der Waals surface area contributed by atoms with Gasteiger partial charge in [-0.1, -0.05) is 32.6 Å². The van der Waals surface area contributed by atoms with E-state index in [4.69, 9.17) is 0 Å². The van der Waals surface area contributed by atoms with Crippen LogP contribution in [0.2, 0.25) is 0 Å². The van der Waals surface area contributed by atoms with Crippen molar-refractivity contribution in [1.82, 2.24) is 0 Å². The van der Waals surface area contributed by atoms with Crippen molar-refractivity contribution in [2.45, 2.75) is 89.3 Å². The van der Waals surface area contributed by atoms with E-state index in [2.05, 4.69) is 6.92 Å². The van der Waals surface area contributed by atoms with E-state index in [1.807, 2.05) is 0 Å². The largest absolute Gasteiger partial charge is 0.396 e. The first-order chi connectivity index (χ1) is 10.4. The van der Waals surface area contributed by atoms with Crippen LogP contribution in [0.15, 0.2) is 0 Å². The highest BCUT2D eigenvalue weighted by atomic mass is 16.3. The van der Waals surface area contributed by atoms with Crippen LogP contribution in [-0.4, -0.2) is 33.6 Å². The summed E-state index contributed by atoms with van der Waals surface area (Å²) in [6, 6.07) is 0.